The Bertz CT molecular complexity index is 919. The van der Waals surface area contributed by atoms with Crippen molar-refractivity contribution in [3.63, 3.8) is 0 Å². The number of ether oxygens (including phenoxy) is 1. The Kier molecular flexibility index (Phi) is 6.50. The molecule has 0 N–H and O–H groups in total. The standard InChI is InChI=1S/C19H24N4O5/c1-12-6-7-16(13(2)8-12)9-21(5)17(24)11-28-18(25)10-22-15(4)19(23(26)27)14(3)20-22/h6-8H,9-11H2,1-5H3. The Morgan fingerprint density at radius 1 is 1.25 bits per heavy atom. The normalized spacial score (nSPS) is 10.6. The average molecular weight is 388 g/mol. The number of rotatable bonds is 7. The van der Waals surface area contributed by atoms with Crippen molar-refractivity contribution in [2.75, 3.05) is 13.7 Å². The predicted octanol–water partition coefficient (Wildman–Crippen LogP) is 2.23. The first-order valence-corrected chi connectivity index (χ1v) is 8.74. The van der Waals surface area contributed by atoms with Crippen LogP contribution >= 0.6 is 0 Å². The molecule has 0 unspecified atom stereocenters. The molecule has 0 spiro atoms. The smallest absolute Gasteiger partial charge is 0.328 e. The third-order valence-electron chi connectivity index (χ3n) is 4.49. The van der Waals surface area contributed by atoms with Gasteiger partial charge in [-0.3, -0.25) is 24.4 Å². The lowest BCUT2D eigenvalue weighted by Gasteiger charge is -2.18. The van der Waals surface area contributed by atoms with Crippen molar-refractivity contribution in [3.05, 3.63) is 56.4 Å². The summed E-state index contributed by atoms with van der Waals surface area (Å²) in [5, 5.41) is 15.0. The number of likely N-dealkylation sites (N-methyl/N-ethyl adjacent to an activating group) is 1. The summed E-state index contributed by atoms with van der Waals surface area (Å²) in [6.07, 6.45) is 0. The molecule has 0 aliphatic carbocycles. The molecular formula is C19H24N4O5. The minimum atomic E-state index is -0.686. The van der Waals surface area contributed by atoms with E-state index in [9.17, 15) is 19.7 Å². The second-order valence-electron chi connectivity index (χ2n) is 6.77. The van der Waals surface area contributed by atoms with Gasteiger partial charge in [-0.25, -0.2) is 0 Å². The van der Waals surface area contributed by atoms with Gasteiger partial charge in [-0.1, -0.05) is 23.8 Å². The maximum atomic E-state index is 12.2. The van der Waals surface area contributed by atoms with E-state index in [-0.39, 0.29) is 29.5 Å². The van der Waals surface area contributed by atoms with E-state index in [1.807, 2.05) is 32.0 Å². The quantitative estimate of drug-likeness (QED) is 0.409. The minimum absolute atomic E-state index is 0.128. The molecule has 1 amide bonds. The van der Waals surface area contributed by atoms with Gasteiger partial charge in [0, 0.05) is 13.6 Å². The molecule has 28 heavy (non-hydrogen) atoms. The van der Waals surface area contributed by atoms with Crippen molar-refractivity contribution >= 4 is 17.6 Å². The summed E-state index contributed by atoms with van der Waals surface area (Å²) in [7, 11) is 1.64. The van der Waals surface area contributed by atoms with Crippen molar-refractivity contribution in [3.8, 4) is 0 Å². The van der Waals surface area contributed by atoms with Crippen LogP contribution in [0.25, 0.3) is 0 Å². The van der Waals surface area contributed by atoms with Crippen molar-refractivity contribution in [1.29, 1.82) is 0 Å². The number of hydrogen-bond donors (Lipinski definition) is 0. The number of hydrogen-bond acceptors (Lipinski definition) is 6. The molecule has 150 valence electrons. The number of nitro groups is 1. The number of aromatic nitrogens is 2. The lowest BCUT2D eigenvalue weighted by atomic mass is 10.1. The number of amides is 1. The zero-order valence-electron chi connectivity index (χ0n) is 16.7. The molecule has 9 nitrogen and oxygen atoms in total. The first kappa shape index (κ1) is 21.1. The van der Waals surface area contributed by atoms with Crippen LogP contribution in [0.5, 0.6) is 0 Å². The van der Waals surface area contributed by atoms with Crippen LogP contribution in [-0.2, 0) is 27.4 Å². The largest absolute Gasteiger partial charge is 0.454 e. The molecule has 2 rings (SSSR count). The second-order valence-corrected chi connectivity index (χ2v) is 6.77. The molecular weight excluding hydrogens is 364 g/mol. The van der Waals surface area contributed by atoms with E-state index in [4.69, 9.17) is 4.74 Å². The van der Waals surface area contributed by atoms with Crippen LogP contribution in [-0.4, -0.2) is 45.1 Å². The van der Waals surface area contributed by atoms with Gasteiger partial charge in [-0.05, 0) is 38.8 Å². The highest BCUT2D eigenvalue weighted by molar-refractivity contribution is 5.80. The van der Waals surface area contributed by atoms with Crippen LogP contribution in [0.2, 0.25) is 0 Å². The van der Waals surface area contributed by atoms with Gasteiger partial charge >= 0.3 is 11.7 Å². The van der Waals surface area contributed by atoms with Gasteiger partial charge in [-0.15, -0.1) is 0 Å². The van der Waals surface area contributed by atoms with Crippen LogP contribution in [0.1, 0.15) is 28.1 Å². The van der Waals surface area contributed by atoms with Crippen LogP contribution in [0, 0.1) is 37.8 Å². The maximum Gasteiger partial charge on any atom is 0.328 e. The summed E-state index contributed by atoms with van der Waals surface area (Å²) in [5.41, 5.74) is 3.61. The molecule has 0 fully saturated rings. The molecule has 1 aromatic heterocycles. The second kappa shape index (κ2) is 8.64. The lowest BCUT2D eigenvalue weighted by molar-refractivity contribution is -0.386. The summed E-state index contributed by atoms with van der Waals surface area (Å²) >= 11 is 0. The molecule has 0 saturated heterocycles. The number of benzene rings is 1. The Hall–Kier alpha value is -3.23. The summed E-state index contributed by atoms with van der Waals surface area (Å²) < 4.78 is 6.23. The van der Waals surface area contributed by atoms with Gasteiger partial charge in [0.15, 0.2) is 6.61 Å². The Morgan fingerprint density at radius 3 is 2.50 bits per heavy atom. The van der Waals surface area contributed by atoms with Gasteiger partial charge < -0.3 is 9.64 Å². The molecule has 0 bridgehead atoms. The summed E-state index contributed by atoms with van der Waals surface area (Å²) in [6, 6.07) is 5.99. The molecule has 9 heteroatoms. The third-order valence-corrected chi connectivity index (χ3v) is 4.49. The molecule has 2 aromatic rings. The summed E-state index contributed by atoms with van der Waals surface area (Å²) in [4.78, 5) is 36.2. The average Bonchev–Trinajstić information content (AvgIpc) is 2.88. The van der Waals surface area contributed by atoms with Crippen molar-refractivity contribution in [1.82, 2.24) is 14.7 Å². The molecule has 0 aliphatic rings. The zero-order valence-corrected chi connectivity index (χ0v) is 16.7. The van der Waals surface area contributed by atoms with Gasteiger partial charge in [0.1, 0.15) is 17.9 Å². The fourth-order valence-electron chi connectivity index (χ4n) is 2.89. The van der Waals surface area contributed by atoms with Crippen LogP contribution < -0.4 is 0 Å². The maximum absolute atomic E-state index is 12.2. The number of nitrogens with zero attached hydrogens (tertiary/aromatic N) is 4. The molecule has 0 saturated carbocycles. The van der Waals surface area contributed by atoms with Crippen molar-refractivity contribution < 1.29 is 19.2 Å². The van der Waals surface area contributed by atoms with E-state index in [1.165, 1.54) is 23.4 Å². The molecule has 0 radical (unpaired) electrons. The Labute approximate surface area is 163 Å². The van der Waals surface area contributed by atoms with E-state index in [2.05, 4.69) is 5.10 Å². The van der Waals surface area contributed by atoms with Crippen LogP contribution in [0.15, 0.2) is 18.2 Å². The third kappa shape index (κ3) is 4.93. The fraction of sp³-hybridized carbons (Fsp3) is 0.421. The van der Waals surface area contributed by atoms with Gasteiger partial charge in [0.25, 0.3) is 5.91 Å². The van der Waals surface area contributed by atoms with E-state index in [1.54, 1.807) is 7.05 Å². The number of esters is 1. The van der Waals surface area contributed by atoms with E-state index in [0.717, 1.165) is 16.7 Å². The first-order chi connectivity index (χ1) is 13.1. The van der Waals surface area contributed by atoms with E-state index < -0.39 is 17.5 Å². The number of aryl methyl sites for hydroxylation is 3. The number of carbonyl (C=O) groups excluding carboxylic acids is 2. The Morgan fingerprint density at radius 2 is 1.93 bits per heavy atom. The van der Waals surface area contributed by atoms with E-state index in [0.29, 0.717) is 6.54 Å². The SMILES string of the molecule is Cc1ccc(CN(C)C(=O)COC(=O)Cn2nc(C)c([N+](=O)[O-])c2C)c(C)c1. The van der Waals surface area contributed by atoms with Crippen molar-refractivity contribution in [2.24, 2.45) is 0 Å². The monoisotopic (exact) mass is 388 g/mol. The van der Waals surface area contributed by atoms with Gasteiger partial charge in [-0.2, -0.15) is 5.10 Å². The van der Waals surface area contributed by atoms with E-state index >= 15 is 0 Å². The Balaban J connectivity index is 1.91. The highest BCUT2D eigenvalue weighted by Crippen LogP contribution is 2.21. The summed E-state index contributed by atoms with van der Waals surface area (Å²) in [5.74, 6) is -1.03. The molecule has 0 atom stereocenters. The topological polar surface area (TPSA) is 108 Å². The van der Waals surface area contributed by atoms with Gasteiger partial charge in [0.2, 0.25) is 0 Å². The van der Waals surface area contributed by atoms with Crippen LogP contribution in [0.4, 0.5) is 5.69 Å². The highest BCUT2D eigenvalue weighted by atomic mass is 16.6. The van der Waals surface area contributed by atoms with Crippen molar-refractivity contribution in [2.45, 2.75) is 40.8 Å². The van der Waals surface area contributed by atoms with Crippen LogP contribution in [0.3, 0.4) is 0 Å². The molecule has 1 aromatic carbocycles. The predicted molar refractivity (Wildman–Crippen MR) is 102 cm³/mol. The van der Waals surface area contributed by atoms with Gasteiger partial charge in [0.05, 0.1) is 4.92 Å². The lowest BCUT2D eigenvalue weighted by Crippen LogP contribution is -2.31. The zero-order chi connectivity index (χ0) is 21.0. The molecule has 0 aliphatic heterocycles. The molecule has 1 heterocycles. The number of carbonyl (C=O) groups is 2. The summed E-state index contributed by atoms with van der Waals surface area (Å²) in [6.45, 7) is 6.70. The minimum Gasteiger partial charge on any atom is -0.454 e. The highest BCUT2D eigenvalue weighted by Gasteiger charge is 2.23. The first-order valence-electron chi connectivity index (χ1n) is 8.74. The fourth-order valence-corrected chi connectivity index (χ4v) is 2.89.